The molecule has 0 aliphatic carbocycles. The molecule has 2 fully saturated rings. The first-order valence-corrected chi connectivity index (χ1v) is 18.1. The molecule has 1 aromatic heterocycles. The standard InChI is InChI=1S/C38H47N5O3S/c1-24-11-13-31(14-12-24)42-35(23-34(41-42)38(5,6)7)40-37(44)39-30-10-8-9-28(20-30)19-29-21-32-15-16-33(22-29)43(32)47(45,46)36-26(3)17-25(2)18-27(36)4/h8-14,17-18,20,23,29,32-33H,15-16,19,21-22H2,1-7H3,(H2,39,40,44). The van der Waals surface area contributed by atoms with Gasteiger partial charge in [-0.25, -0.2) is 17.9 Å². The third-order valence-corrected chi connectivity index (χ3v) is 11.9. The Balaban J connectivity index is 1.13. The van der Waals surface area contributed by atoms with Crippen molar-refractivity contribution >= 4 is 27.6 Å². The van der Waals surface area contributed by atoms with Gasteiger partial charge in [-0.3, -0.25) is 5.32 Å². The lowest BCUT2D eigenvalue weighted by atomic mass is 9.87. The number of carbonyl (C=O) groups excluding carboxylic acids is 1. The second-order valence-electron chi connectivity index (χ2n) is 14.7. The number of nitrogens with one attached hydrogen (secondary N) is 2. The van der Waals surface area contributed by atoms with Gasteiger partial charge in [0.05, 0.1) is 16.3 Å². The summed E-state index contributed by atoms with van der Waals surface area (Å²) >= 11 is 0. The Morgan fingerprint density at radius 2 is 1.49 bits per heavy atom. The number of aromatic nitrogens is 2. The lowest BCUT2D eigenvalue weighted by Crippen LogP contribution is -2.47. The number of urea groups is 1. The summed E-state index contributed by atoms with van der Waals surface area (Å²) in [5, 5.41) is 10.9. The van der Waals surface area contributed by atoms with Crippen molar-refractivity contribution in [2.75, 3.05) is 10.6 Å². The van der Waals surface area contributed by atoms with Crippen molar-refractivity contribution in [3.05, 3.63) is 100 Å². The smallest absolute Gasteiger partial charge is 0.308 e. The van der Waals surface area contributed by atoms with Crippen LogP contribution < -0.4 is 10.6 Å². The predicted octanol–water partition coefficient (Wildman–Crippen LogP) is 8.22. The molecule has 0 radical (unpaired) electrons. The topological polar surface area (TPSA) is 96.3 Å². The van der Waals surface area contributed by atoms with E-state index in [4.69, 9.17) is 5.10 Å². The van der Waals surface area contributed by atoms with Crippen LogP contribution in [0.15, 0.2) is 71.6 Å². The van der Waals surface area contributed by atoms with Gasteiger partial charge in [0, 0.05) is 29.3 Å². The highest BCUT2D eigenvalue weighted by Gasteiger charge is 2.47. The maximum Gasteiger partial charge on any atom is 0.324 e. The van der Waals surface area contributed by atoms with Crippen LogP contribution in [0.25, 0.3) is 5.69 Å². The number of benzene rings is 3. The average molecular weight is 654 g/mol. The summed E-state index contributed by atoms with van der Waals surface area (Å²) in [6.07, 6.45) is 4.34. The first-order chi connectivity index (χ1) is 22.2. The molecule has 2 N–H and O–H groups in total. The molecule has 8 nitrogen and oxygen atoms in total. The van der Waals surface area contributed by atoms with Gasteiger partial charge in [-0.05, 0) is 107 Å². The highest BCUT2D eigenvalue weighted by molar-refractivity contribution is 7.89. The number of aryl methyl sites for hydroxylation is 4. The molecule has 2 amide bonds. The Kier molecular flexibility index (Phi) is 8.82. The van der Waals surface area contributed by atoms with Crippen molar-refractivity contribution in [1.29, 1.82) is 0 Å². The third-order valence-electron chi connectivity index (χ3n) is 9.61. The zero-order chi connectivity index (χ0) is 33.7. The van der Waals surface area contributed by atoms with E-state index in [-0.39, 0.29) is 23.5 Å². The Bertz CT molecular complexity index is 1870. The first-order valence-electron chi connectivity index (χ1n) is 16.6. The summed E-state index contributed by atoms with van der Waals surface area (Å²) in [4.78, 5) is 13.7. The van der Waals surface area contributed by atoms with Crippen molar-refractivity contribution in [3.8, 4) is 5.69 Å². The average Bonchev–Trinajstić information content (AvgIpc) is 3.52. The van der Waals surface area contributed by atoms with Crippen molar-refractivity contribution in [2.24, 2.45) is 5.92 Å². The summed E-state index contributed by atoms with van der Waals surface area (Å²) in [6, 6.07) is 21.6. The Morgan fingerprint density at radius 1 is 0.851 bits per heavy atom. The third kappa shape index (κ3) is 6.87. The molecular weight excluding hydrogens is 607 g/mol. The van der Waals surface area contributed by atoms with Crippen molar-refractivity contribution < 1.29 is 13.2 Å². The number of amides is 2. The molecule has 248 valence electrons. The Hall–Kier alpha value is -3.95. The molecule has 2 unspecified atom stereocenters. The molecule has 2 bridgehead atoms. The van der Waals surface area contributed by atoms with E-state index in [0.29, 0.717) is 22.3 Å². The minimum Gasteiger partial charge on any atom is -0.308 e. The summed E-state index contributed by atoms with van der Waals surface area (Å²) in [7, 11) is -3.58. The number of nitrogens with zero attached hydrogens (tertiary/aromatic N) is 3. The van der Waals surface area contributed by atoms with Gasteiger partial charge < -0.3 is 5.32 Å². The van der Waals surface area contributed by atoms with E-state index in [2.05, 4.69) is 37.5 Å². The fraction of sp³-hybridized carbons (Fsp3) is 0.421. The lowest BCUT2D eigenvalue weighted by Gasteiger charge is -2.38. The molecule has 2 atom stereocenters. The Morgan fingerprint density at radius 3 is 2.11 bits per heavy atom. The summed E-state index contributed by atoms with van der Waals surface area (Å²) in [5.41, 5.74) is 7.30. The highest BCUT2D eigenvalue weighted by atomic mass is 32.2. The van der Waals surface area contributed by atoms with Crippen LogP contribution in [-0.4, -0.2) is 40.6 Å². The molecule has 6 rings (SSSR count). The molecule has 2 saturated heterocycles. The number of hydrogen-bond donors (Lipinski definition) is 2. The van der Waals surface area contributed by atoms with E-state index in [9.17, 15) is 13.2 Å². The van der Waals surface area contributed by atoms with Gasteiger partial charge in [-0.2, -0.15) is 9.40 Å². The van der Waals surface area contributed by atoms with E-state index >= 15 is 0 Å². The fourth-order valence-corrected chi connectivity index (χ4v) is 9.90. The van der Waals surface area contributed by atoms with Crippen LogP contribution in [0.3, 0.4) is 0 Å². The van der Waals surface area contributed by atoms with E-state index in [1.54, 1.807) is 4.68 Å². The monoisotopic (exact) mass is 653 g/mol. The van der Waals surface area contributed by atoms with Crippen molar-refractivity contribution in [3.63, 3.8) is 0 Å². The second-order valence-corrected chi connectivity index (χ2v) is 16.5. The molecule has 4 aromatic rings. The summed E-state index contributed by atoms with van der Waals surface area (Å²) in [5.74, 6) is 0.976. The molecule has 3 aromatic carbocycles. The van der Waals surface area contributed by atoms with Gasteiger partial charge in [-0.1, -0.05) is 68.3 Å². The van der Waals surface area contributed by atoms with E-state index in [1.807, 2.05) is 92.7 Å². The minimum absolute atomic E-state index is 0.0207. The van der Waals surface area contributed by atoms with Crippen LogP contribution in [-0.2, 0) is 21.9 Å². The van der Waals surface area contributed by atoms with Crippen molar-refractivity contribution in [1.82, 2.24) is 14.1 Å². The number of anilines is 2. The zero-order valence-electron chi connectivity index (χ0n) is 28.6. The number of fused-ring (bicyclic) bond motifs is 2. The Labute approximate surface area is 279 Å². The number of carbonyl (C=O) groups is 1. The van der Waals surface area contributed by atoms with Crippen LogP contribution in [0, 0.1) is 33.6 Å². The second kappa shape index (κ2) is 12.6. The van der Waals surface area contributed by atoms with Gasteiger partial charge >= 0.3 is 6.03 Å². The largest absolute Gasteiger partial charge is 0.324 e. The van der Waals surface area contributed by atoms with Gasteiger partial charge in [0.1, 0.15) is 5.82 Å². The fourth-order valence-electron chi connectivity index (χ4n) is 7.59. The molecule has 47 heavy (non-hydrogen) atoms. The van der Waals surface area contributed by atoms with Crippen LogP contribution in [0.4, 0.5) is 16.3 Å². The van der Waals surface area contributed by atoms with E-state index in [1.165, 1.54) is 0 Å². The lowest BCUT2D eigenvalue weighted by molar-refractivity contribution is 0.190. The molecule has 2 aliphatic rings. The molecular formula is C38H47N5O3S. The molecule has 0 saturated carbocycles. The molecule has 9 heteroatoms. The highest BCUT2D eigenvalue weighted by Crippen LogP contribution is 2.44. The minimum atomic E-state index is -3.58. The number of sulfonamides is 1. The van der Waals surface area contributed by atoms with Crippen LogP contribution in [0.1, 0.15) is 80.0 Å². The van der Waals surface area contributed by atoms with Gasteiger partial charge in [-0.15, -0.1) is 0 Å². The maximum absolute atomic E-state index is 14.0. The number of piperidine rings is 1. The quantitative estimate of drug-likeness (QED) is 0.210. The summed E-state index contributed by atoms with van der Waals surface area (Å²) < 4.78 is 31.6. The van der Waals surface area contributed by atoms with Crippen LogP contribution in [0.2, 0.25) is 0 Å². The zero-order valence-corrected chi connectivity index (χ0v) is 29.4. The van der Waals surface area contributed by atoms with Crippen LogP contribution in [0.5, 0.6) is 0 Å². The molecule has 2 aliphatic heterocycles. The molecule has 3 heterocycles. The SMILES string of the molecule is Cc1ccc(-n2nc(C(C)(C)C)cc2NC(=O)Nc2cccc(CC3CC4CCC(C3)N4S(=O)(=O)c3c(C)cc(C)cc3C)c2)cc1. The van der Waals surface area contributed by atoms with Crippen LogP contribution >= 0.6 is 0 Å². The van der Waals surface area contributed by atoms with E-state index < -0.39 is 10.0 Å². The van der Waals surface area contributed by atoms with Crippen molar-refractivity contribution in [2.45, 2.75) is 103 Å². The number of rotatable bonds is 7. The van der Waals surface area contributed by atoms with Gasteiger partial charge in [0.15, 0.2) is 0 Å². The maximum atomic E-state index is 14.0. The first kappa shape index (κ1) is 33.0. The predicted molar refractivity (Wildman–Crippen MR) is 189 cm³/mol. The van der Waals surface area contributed by atoms with Gasteiger partial charge in [0.2, 0.25) is 10.0 Å². The van der Waals surface area contributed by atoms with Gasteiger partial charge in [0.25, 0.3) is 0 Å². The normalized spacial score (nSPS) is 19.9. The number of hydrogen-bond acceptors (Lipinski definition) is 4. The summed E-state index contributed by atoms with van der Waals surface area (Å²) in [6.45, 7) is 14.2. The molecule has 0 spiro atoms. The van der Waals surface area contributed by atoms with E-state index in [0.717, 1.165) is 71.3 Å².